The third-order valence-electron chi connectivity index (χ3n) is 9.22. The molecule has 1 aromatic carbocycles. The zero-order valence-corrected chi connectivity index (χ0v) is 30.3. The van der Waals surface area contributed by atoms with Gasteiger partial charge < -0.3 is 19.3 Å². The Morgan fingerprint density at radius 2 is 1.38 bits per heavy atom. The van der Waals surface area contributed by atoms with Gasteiger partial charge in [-0.15, -0.1) is 5.92 Å². The van der Waals surface area contributed by atoms with Gasteiger partial charge in [-0.2, -0.15) is 0 Å². The molecule has 4 rings (SSSR count). The van der Waals surface area contributed by atoms with Gasteiger partial charge in [-0.3, -0.25) is 4.79 Å². The molecular weight excluding hydrogens is 600 g/mol. The molecule has 0 aliphatic heterocycles. The molecule has 0 radical (unpaired) electrons. The second-order valence-corrected chi connectivity index (χ2v) is 12.8. The normalized spacial score (nSPS) is 18.7. The summed E-state index contributed by atoms with van der Waals surface area (Å²) in [6.07, 6.45) is 21.4. The van der Waals surface area contributed by atoms with Crippen molar-refractivity contribution in [1.29, 1.82) is 0 Å². The van der Waals surface area contributed by atoms with Crippen LogP contribution in [0.25, 0.3) is 0 Å². The monoisotopic (exact) mass is 660 g/mol. The number of allylic oxidation sites excluding steroid dienone is 2. The number of benzene rings is 1. The van der Waals surface area contributed by atoms with Crippen LogP contribution in [0.1, 0.15) is 123 Å². The predicted molar refractivity (Wildman–Crippen MR) is 194 cm³/mol. The molecule has 48 heavy (non-hydrogen) atoms. The molecule has 3 aliphatic rings. The van der Waals surface area contributed by atoms with E-state index in [-0.39, 0.29) is 24.9 Å². The van der Waals surface area contributed by atoms with E-state index in [4.69, 9.17) is 14.2 Å². The molecule has 2 fully saturated rings. The summed E-state index contributed by atoms with van der Waals surface area (Å²) in [4.78, 5) is 25.1. The number of Topliss-reactive ketones (excluding diaryl/α,β-unsaturated/α-hetero) is 1. The number of ether oxygens (including phenoxy) is 3. The van der Waals surface area contributed by atoms with Crippen LogP contribution in [-0.2, 0) is 29.4 Å². The lowest BCUT2D eigenvalue weighted by atomic mass is 9.70. The summed E-state index contributed by atoms with van der Waals surface area (Å²) in [5.41, 5.74) is -0.615. The van der Waals surface area contributed by atoms with Gasteiger partial charge in [0.05, 0.1) is 0 Å². The maximum absolute atomic E-state index is 12.8. The largest absolute Gasteiger partial charge is 0.450 e. The van der Waals surface area contributed by atoms with Gasteiger partial charge in [-0.05, 0) is 62.5 Å². The van der Waals surface area contributed by atoms with Crippen molar-refractivity contribution in [2.45, 2.75) is 129 Å². The average molecular weight is 661 g/mol. The minimum Gasteiger partial charge on any atom is -0.450 e. The number of ketones is 1. The number of esters is 1. The van der Waals surface area contributed by atoms with Crippen molar-refractivity contribution < 1.29 is 28.9 Å². The predicted octanol–water partition coefficient (Wildman–Crippen LogP) is 8.66. The van der Waals surface area contributed by atoms with Crippen LogP contribution in [0.5, 0.6) is 0 Å². The number of rotatable bonds is 10. The molecule has 1 N–H and O–H groups in total. The SMILES string of the molecule is CCC.CCC#CCOCC#CCOC(=O)C(O)(c1ccccc1)C1CCCCC1.COC(C(C)=O)(C1=CCCC=C1)C1CCCCC1. The van der Waals surface area contributed by atoms with Gasteiger partial charge in [0.1, 0.15) is 13.2 Å². The van der Waals surface area contributed by atoms with Gasteiger partial charge in [0.25, 0.3) is 0 Å². The van der Waals surface area contributed by atoms with Gasteiger partial charge >= 0.3 is 5.97 Å². The van der Waals surface area contributed by atoms with Crippen LogP contribution in [0.3, 0.4) is 0 Å². The molecule has 264 valence electrons. The van der Waals surface area contributed by atoms with Crippen molar-refractivity contribution in [2.24, 2.45) is 11.8 Å². The first-order valence-corrected chi connectivity index (χ1v) is 18.2. The van der Waals surface area contributed by atoms with Crippen LogP contribution in [0, 0.1) is 35.5 Å². The molecule has 3 aliphatic carbocycles. The first-order valence-electron chi connectivity index (χ1n) is 18.2. The molecule has 1 aromatic rings. The van der Waals surface area contributed by atoms with Crippen LogP contribution in [0.15, 0.2) is 54.1 Å². The van der Waals surface area contributed by atoms with Crippen LogP contribution in [0.2, 0.25) is 0 Å². The first-order chi connectivity index (χ1) is 23.3. The van der Waals surface area contributed by atoms with Crippen LogP contribution < -0.4 is 0 Å². The fourth-order valence-corrected chi connectivity index (χ4v) is 6.93. The van der Waals surface area contributed by atoms with Crippen molar-refractivity contribution in [3.8, 4) is 23.7 Å². The first kappa shape index (κ1) is 41.0. The summed E-state index contributed by atoms with van der Waals surface area (Å²) in [6.45, 7) is 8.43. The summed E-state index contributed by atoms with van der Waals surface area (Å²) >= 11 is 0. The fourth-order valence-electron chi connectivity index (χ4n) is 6.93. The molecule has 0 heterocycles. The van der Waals surface area contributed by atoms with Gasteiger partial charge in [0.2, 0.25) is 0 Å². The van der Waals surface area contributed by atoms with Gasteiger partial charge in [0.15, 0.2) is 23.6 Å². The maximum Gasteiger partial charge on any atom is 0.344 e. The average Bonchev–Trinajstić information content (AvgIpc) is 3.13. The van der Waals surface area contributed by atoms with Crippen molar-refractivity contribution in [3.63, 3.8) is 0 Å². The molecule has 0 spiro atoms. The second-order valence-electron chi connectivity index (χ2n) is 12.8. The molecule has 0 saturated heterocycles. The molecule has 0 bridgehead atoms. The van der Waals surface area contributed by atoms with Gasteiger partial charge in [-0.1, -0.05) is 132 Å². The Hall–Kier alpha value is -3.16. The zero-order valence-electron chi connectivity index (χ0n) is 30.3. The van der Waals surface area contributed by atoms with Crippen LogP contribution >= 0.6 is 0 Å². The van der Waals surface area contributed by atoms with Crippen molar-refractivity contribution in [3.05, 3.63) is 59.7 Å². The Bertz CT molecular complexity index is 1260. The zero-order chi connectivity index (χ0) is 35.1. The third kappa shape index (κ3) is 12.1. The Kier molecular flexibility index (Phi) is 19.9. The lowest BCUT2D eigenvalue weighted by Crippen LogP contribution is -2.49. The third-order valence-corrected chi connectivity index (χ3v) is 9.22. The summed E-state index contributed by atoms with van der Waals surface area (Å²) < 4.78 is 16.4. The van der Waals surface area contributed by atoms with Gasteiger partial charge in [0, 0.05) is 19.4 Å². The summed E-state index contributed by atoms with van der Waals surface area (Å²) in [7, 11) is 1.69. The van der Waals surface area contributed by atoms with E-state index in [0.717, 1.165) is 69.8 Å². The van der Waals surface area contributed by atoms with E-state index < -0.39 is 17.2 Å². The van der Waals surface area contributed by atoms with Crippen molar-refractivity contribution in [1.82, 2.24) is 0 Å². The lowest BCUT2D eigenvalue weighted by Gasteiger charge is -2.41. The second kappa shape index (κ2) is 23.2. The fraction of sp³-hybridized carbons (Fsp3) is 0.619. The minimum atomic E-state index is -1.62. The highest BCUT2D eigenvalue weighted by molar-refractivity contribution is 5.90. The van der Waals surface area contributed by atoms with E-state index in [0.29, 0.717) is 18.1 Å². The molecule has 0 aromatic heterocycles. The van der Waals surface area contributed by atoms with Crippen molar-refractivity contribution in [2.75, 3.05) is 26.9 Å². The van der Waals surface area contributed by atoms with Gasteiger partial charge in [-0.25, -0.2) is 4.79 Å². The number of hydrogen-bond donors (Lipinski definition) is 1. The Balaban J connectivity index is 0.000000328. The molecule has 0 amide bonds. The van der Waals surface area contributed by atoms with E-state index in [1.54, 1.807) is 26.2 Å². The van der Waals surface area contributed by atoms with Crippen molar-refractivity contribution >= 4 is 11.8 Å². The van der Waals surface area contributed by atoms with Crippen LogP contribution in [0.4, 0.5) is 0 Å². The Morgan fingerprint density at radius 3 is 1.90 bits per heavy atom. The highest BCUT2D eigenvalue weighted by Crippen LogP contribution is 2.42. The summed E-state index contributed by atoms with van der Waals surface area (Å²) in [6, 6.07) is 9.09. The minimum absolute atomic E-state index is 0.0648. The highest BCUT2D eigenvalue weighted by Gasteiger charge is 2.47. The quantitative estimate of drug-likeness (QED) is 0.154. The number of methoxy groups -OCH3 is 1. The van der Waals surface area contributed by atoms with E-state index in [1.165, 1.54) is 25.7 Å². The van der Waals surface area contributed by atoms with E-state index in [1.807, 2.05) is 25.1 Å². The molecule has 2 atom stereocenters. The van der Waals surface area contributed by atoms with E-state index >= 15 is 0 Å². The number of aliphatic hydroxyl groups is 1. The number of carbonyl (C=O) groups is 2. The Labute approximate surface area is 291 Å². The highest BCUT2D eigenvalue weighted by atomic mass is 16.5. The Morgan fingerprint density at radius 1 is 0.812 bits per heavy atom. The molecular formula is C42H60O6. The maximum atomic E-state index is 12.8. The topological polar surface area (TPSA) is 82.1 Å². The van der Waals surface area contributed by atoms with Crippen LogP contribution in [-0.4, -0.2) is 49.4 Å². The molecule has 2 saturated carbocycles. The van der Waals surface area contributed by atoms with E-state index in [2.05, 4.69) is 55.8 Å². The summed E-state index contributed by atoms with van der Waals surface area (Å²) in [5, 5.41) is 11.3. The smallest absolute Gasteiger partial charge is 0.344 e. The molecule has 6 nitrogen and oxygen atoms in total. The standard InChI is InChI=1S/C23H28O4.C16H24O2.C3H8/c1-2-3-10-17-26-18-11-12-19-27-22(24)23(25,20-13-6-4-7-14-20)21-15-8-5-9-16-21;1-13(17)16(18-2,14-9-5-3-6-10-14)15-11-7-4-8-12-15;1-3-2/h4,6-7,13-14,21,25H,2,5,8-9,15-19H2,1H3;5,9-10,15H,3-4,6-8,11-12H2,1-2H3;3H2,1-2H3. The molecule has 2 unspecified atom stereocenters. The lowest BCUT2D eigenvalue weighted by molar-refractivity contribution is -0.174. The number of carbonyl (C=O) groups excluding carboxylic acids is 2. The summed E-state index contributed by atoms with van der Waals surface area (Å²) in [5.74, 6) is 11.1. The van der Waals surface area contributed by atoms with E-state index in [9.17, 15) is 14.7 Å². The molecule has 6 heteroatoms. The number of hydrogen-bond acceptors (Lipinski definition) is 6.